The predicted octanol–water partition coefficient (Wildman–Crippen LogP) is -0.994. The summed E-state index contributed by atoms with van der Waals surface area (Å²) >= 11 is 0. The first-order chi connectivity index (χ1) is 13.0. The van der Waals surface area contributed by atoms with Crippen LogP contribution in [0.5, 0.6) is 0 Å². The molecule has 0 aliphatic carbocycles. The molecule has 0 unspecified atom stereocenters. The van der Waals surface area contributed by atoms with E-state index in [9.17, 15) is 27.2 Å². The molecule has 2 heterocycles. The number of halogens is 1. The number of carbonyl (C=O) groups excluding carboxylic acids is 3. The number of carbonyl (C=O) groups is 3. The van der Waals surface area contributed by atoms with Crippen molar-refractivity contribution in [3.05, 3.63) is 11.6 Å². The Labute approximate surface area is 161 Å². The number of esters is 1. The molecule has 0 aromatic rings. The summed E-state index contributed by atoms with van der Waals surface area (Å²) in [6, 6.07) is -2.38. The van der Waals surface area contributed by atoms with Gasteiger partial charge in [-0.1, -0.05) is 6.08 Å². The number of hydroxylamine groups is 2. The Hall–Kier alpha value is -2.25. The molecule has 13 heteroatoms. The lowest BCUT2D eigenvalue weighted by atomic mass is 10.00. The van der Waals surface area contributed by atoms with E-state index in [1.807, 2.05) is 0 Å². The monoisotopic (exact) mass is 422 g/mol. The Balaban J connectivity index is 1.99. The van der Waals surface area contributed by atoms with Crippen LogP contribution >= 0.6 is 0 Å². The van der Waals surface area contributed by atoms with Gasteiger partial charge in [0.25, 0.3) is 0 Å². The largest absolute Gasteiger partial charge is 0.462 e. The number of nitrogens with two attached hydrogens (primary N) is 1. The van der Waals surface area contributed by atoms with Crippen LogP contribution in [0.3, 0.4) is 0 Å². The minimum absolute atomic E-state index is 0.0428. The quantitative estimate of drug-likeness (QED) is 0.275. The van der Waals surface area contributed by atoms with Gasteiger partial charge in [0.15, 0.2) is 0 Å². The van der Waals surface area contributed by atoms with Crippen LogP contribution in [0.4, 0.5) is 9.18 Å². The Morgan fingerprint density at radius 2 is 2.14 bits per heavy atom. The average Bonchev–Trinajstić information content (AvgIpc) is 2.83. The van der Waals surface area contributed by atoms with E-state index in [4.69, 9.17) is 9.98 Å². The van der Waals surface area contributed by atoms with Crippen molar-refractivity contribution in [2.75, 3.05) is 25.4 Å². The van der Waals surface area contributed by atoms with E-state index in [0.717, 1.165) is 0 Å². The van der Waals surface area contributed by atoms with E-state index >= 15 is 0 Å². The van der Waals surface area contributed by atoms with Crippen LogP contribution in [0.2, 0.25) is 0 Å². The van der Waals surface area contributed by atoms with Gasteiger partial charge in [0.1, 0.15) is 6.04 Å². The highest BCUT2D eigenvalue weighted by atomic mass is 32.2. The molecule has 2 aliphatic rings. The number of sulfonamides is 1. The maximum Gasteiger partial charge on any atom is 0.370 e. The molecule has 3 N–H and O–H groups in total. The zero-order chi connectivity index (χ0) is 21.1. The summed E-state index contributed by atoms with van der Waals surface area (Å²) in [5.41, 5.74) is 0.534. The first-order valence-electron chi connectivity index (χ1n) is 8.59. The first-order valence-corrected chi connectivity index (χ1v) is 10.3. The molecule has 2 aliphatic heterocycles. The molecule has 158 valence electrons. The third-order valence-electron chi connectivity index (χ3n) is 4.15. The van der Waals surface area contributed by atoms with Gasteiger partial charge in [-0.05, 0) is 25.8 Å². The second-order valence-electron chi connectivity index (χ2n) is 6.33. The average molecular weight is 422 g/mol. The molecule has 11 nitrogen and oxygen atoms in total. The summed E-state index contributed by atoms with van der Waals surface area (Å²) in [7, 11) is -3.63. The molecule has 2 rings (SSSR count). The van der Waals surface area contributed by atoms with E-state index in [-0.39, 0.29) is 31.9 Å². The van der Waals surface area contributed by atoms with E-state index < -0.39 is 46.4 Å². The van der Waals surface area contributed by atoms with Crippen molar-refractivity contribution in [1.82, 2.24) is 15.3 Å². The Morgan fingerprint density at radius 3 is 2.75 bits per heavy atom. The van der Waals surface area contributed by atoms with Gasteiger partial charge in [-0.25, -0.2) is 32.4 Å². The highest BCUT2D eigenvalue weighted by molar-refractivity contribution is 7.89. The van der Waals surface area contributed by atoms with Gasteiger partial charge in [0.2, 0.25) is 15.9 Å². The minimum Gasteiger partial charge on any atom is -0.462 e. The predicted molar refractivity (Wildman–Crippen MR) is 93.5 cm³/mol. The van der Waals surface area contributed by atoms with Crippen LogP contribution in [0.1, 0.15) is 20.3 Å². The molecular weight excluding hydrogens is 399 g/mol. The molecule has 3 amide bonds. The Kier molecular flexibility index (Phi) is 6.96. The summed E-state index contributed by atoms with van der Waals surface area (Å²) in [5.74, 6) is -2.05. The lowest BCUT2D eigenvalue weighted by Crippen LogP contribution is -2.50. The third kappa shape index (κ3) is 5.17. The molecular formula is C15H23FN4O7S. The van der Waals surface area contributed by atoms with Crippen molar-refractivity contribution < 1.29 is 36.8 Å². The second kappa shape index (κ2) is 8.84. The SMILES string of the molecule is CCOC(=O)[C@H](F)ON1C(=O)N2C[C@H]1C=C(C)[C@H]2C(=O)NCCCS(N)(=O)=O. The van der Waals surface area contributed by atoms with Crippen molar-refractivity contribution in [3.8, 4) is 0 Å². The number of fused-ring (bicyclic) bond motifs is 2. The fourth-order valence-electron chi connectivity index (χ4n) is 3.00. The van der Waals surface area contributed by atoms with Crippen molar-refractivity contribution in [1.29, 1.82) is 0 Å². The fraction of sp³-hybridized carbons (Fsp3) is 0.667. The Morgan fingerprint density at radius 1 is 1.46 bits per heavy atom. The van der Waals surface area contributed by atoms with Crippen molar-refractivity contribution in [3.63, 3.8) is 0 Å². The Bertz CT molecular complexity index is 772. The van der Waals surface area contributed by atoms with Crippen LogP contribution in [-0.4, -0.2) is 80.2 Å². The lowest BCUT2D eigenvalue weighted by molar-refractivity contribution is -0.223. The molecule has 0 saturated carbocycles. The molecule has 1 saturated heterocycles. The van der Waals surface area contributed by atoms with Crippen LogP contribution in [0.15, 0.2) is 11.6 Å². The van der Waals surface area contributed by atoms with Gasteiger partial charge < -0.3 is 15.0 Å². The molecule has 0 radical (unpaired) electrons. The van der Waals surface area contributed by atoms with Gasteiger partial charge >= 0.3 is 18.4 Å². The molecule has 2 bridgehead atoms. The summed E-state index contributed by atoms with van der Waals surface area (Å²) in [6.07, 6.45) is -0.772. The van der Waals surface area contributed by atoms with Gasteiger partial charge in [-0.3, -0.25) is 4.79 Å². The van der Waals surface area contributed by atoms with Crippen LogP contribution in [-0.2, 0) is 29.2 Å². The number of hydrogen-bond donors (Lipinski definition) is 2. The maximum atomic E-state index is 13.9. The van der Waals surface area contributed by atoms with Gasteiger partial charge in [-0.15, -0.1) is 0 Å². The number of hydrogen-bond acceptors (Lipinski definition) is 7. The fourth-order valence-corrected chi connectivity index (χ4v) is 3.55. The lowest BCUT2D eigenvalue weighted by Gasteiger charge is -2.29. The van der Waals surface area contributed by atoms with E-state index in [1.165, 1.54) is 11.8 Å². The third-order valence-corrected chi connectivity index (χ3v) is 5.01. The van der Waals surface area contributed by atoms with Gasteiger partial charge in [0.05, 0.1) is 24.9 Å². The summed E-state index contributed by atoms with van der Waals surface area (Å²) in [6.45, 7) is 3.21. The zero-order valence-electron chi connectivity index (χ0n) is 15.5. The van der Waals surface area contributed by atoms with E-state index in [2.05, 4.69) is 10.1 Å². The number of primary sulfonamides is 1. The van der Waals surface area contributed by atoms with E-state index in [0.29, 0.717) is 10.6 Å². The minimum atomic E-state index is -3.63. The summed E-state index contributed by atoms with van der Waals surface area (Å²) < 4.78 is 40.2. The summed E-state index contributed by atoms with van der Waals surface area (Å²) in [4.78, 5) is 42.4. The van der Waals surface area contributed by atoms with Gasteiger partial charge in [0, 0.05) is 6.54 Å². The van der Waals surface area contributed by atoms with E-state index in [1.54, 1.807) is 13.0 Å². The second-order valence-corrected chi connectivity index (χ2v) is 8.06. The van der Waals surface area contributed by atoms with Crippen molar-refractivity contribution >= 4 is 27.9 Å². The molecule has 3 atom stereocenters. The van der Waals surface area contributed by atoms with Crippen LogP contribution in [0, 0.1) is 0 Å². The molecule has 0 aromatic carbocycles. The van der Waals surface area contributed by atoms with Crippen LogP contribution in [0.25, 0.3) is 0 Å². The smallest absolute Gasteiger partial charge is 0.370 e. The standard InChI is InChI=1S/C15H23FN4O7S/c1-3-26-14(22)12(16)27-20-10-7-9(2)11(19(8-10)15(20)23)13(21)18-5-4-6-28(17,24)25/h7,10-12H,3-6,8H2,1-2H3,(H,18,21)(H2,17,24,25)/t10-,11+,12-/m1/s1. The van der Waals surface area contributed by atoms with Crippen molar-refractivity contribution in [2.45, 2.75) is 38.7 Å². The van der Waals surface area contributed by atoms with Gasteiger partial charge in [-0.2, -0.15) is 5.06 Å². The molecule has 1 fully saturated rings. The molecule has 28 heavy (non-hydrogen) atoms. The molecule has 0 aromatic heterocycles. The number of alkyl halides is 1. The first kappa shape index (κ1) is 22.0. The molecule has 0 spiro atoms. The highest BCUT2D eigenvalue weighted by Gasteiger charge is 2.48. The van der Waals surface area contributed by atoms with Crippen molar-refractivity contribution in [2.24, 2.45) is 5.14 Å². The number of urea groups is 1. The number of nitrogens with zero attached hydrogens (tertiary/aromatic N) is 2. The number of amides is 3. The highest BCUT2D eigenvalue weighted by Crippen LogP contribution is 2.30. The maximum absolute atomic E-state index is 13.9. The normalized spacial score (nSPS) is 22.7. The number of rotatable bonds is 9. The number of nitrogens with one attached hydrogen (secondary N) is 1. The topological polar surface area (TPSA) is 148 Å². The van der Waals surface area contributed by atoms with Crippen LogP contribution < -0.4 is 10.5 Å². The zero-order valence-corrected chi connectivity index (χ0v) is 16.3. The number of ether oxygens (including phenoxy) is 1. The summed E-state index contributed by atoms with van der Waals surface area (Å²) in [5, 5.41) is 8.15.